The molecule has 3 aromatic carbocycles. The van der Waals surface area contributed by atoms with Crippen LogP contribution in [0.5, 0.6) is 0 Å². The summed E-state index contributed by atoms with van der Waals surface area (Å²) in [6.07, 6.45) is 4.65. The first-order chi connectivity index (χ1) is 17.4. The van der Waals surface area contributed by atoms with E-state index in [1.165, 1.54) is 11.5 Å². The number of carboxylic acids is 1. The van der Waals surface area contributed by atoms with Crippen LogP contribution in [0.1, 0.15) is 30.0 Å². The molecule has 4 rings (SSSR count). The quantitative estimate of drug-likeness (QED) is 0.218. The molecule has 0 atom stereocenters. The number of amides is 1. The number of aliphatic carboxylic acids is 1. The van der Waals surface area contributed by atoms with Crippen LogP contribution in [0.3, 0.4) is 0 Å². The number of hydrogen-bond acceptors (Lipinski definition) is 3. The van der Waals surface area contributed by atoms with Gasteiger partial charge in [-0.2, -0.15) is 0 Å². The maximum Gasteiger partial charge on any atom is 0.371 e. The number of H-pyrrole nitrogens is 1. The van der Waals surface area contributed by atoms with Gasteiger partial charge in [0.05, 0.1) is 6.61 Å². The molecule has 36 heavy (non-hydrogen) atoms. The number of aryl methyl sites for hydroxylation is 1. The Labute approximate surface area is 210 Å². The average molecular weight is 483 g/mol. The van der Waals surface area contributed by atoms with E-state index in [1.54, 1.807) is 11.8 Å². The van der Waals surface area contributed by atoms with Gasteiger partial charge in [0.2, 0.25) is 11.7 Å². The maximum absolute atomic E-state index is 12.8. The van der Waals surface area contributed by atoms with E-state index in [0.29, 0.717) is 26.0 Å². The number of para-hydroxylation sites is 1. The van der Waals surface area contributed by atoms with Crippen LogP contribution < -0.4 is 0 Å². The molecule has 0 aliphatic carbocycles. The van der Waals surface area contributed by atoms with Crippen LogP contribution in [-0.2, 0) is 27.3 Å². The van der Waals surface area contributed by atoms with Gasteiger partial charge in [0.15, 0.2) is 0 Å². The normalized spacial score (nSPS) is 11.4. The predicted molar refractivity (Wildman–Crippen MR) is 142 cm³/mol. The Kier molecular flexibility index (Phi) is 7.85. The van der Waals surface area contributed by atoms with Gasteiger partial charge in [-0.05, 0) is 59.4 Å². The predicted octanol–water partition coefficient (Wildman–Crippen LogP) is 5.89. The number of fused-ring (bicyclic) bond motifs is 1. The van der Waals surface area contributed by atoms with Crippen molar-refractivity contribution in [1.82, 2.24) is 9.88 Å². The van der Waals surface area contributed by atoms with E-state index in [9.17, 15) is 14.7 Å². The lowest BCUT2D eigenvalue weighted by Gasteiger charge is -2.18. The Morgan fingerprint density at radius 1 is 1.00 bits per heavy atom. The monoisotopic (exact) mass is 482 g/mol. The van der Waals surface area contributed by atoms with Gasteiger partial charge in [-0.25, -0.2) is 4.79 Å². The van der Waals surface area contributed by atoms with Crippen molar-refractivity contribution in [2.45, 2.75) is 26.3 Å². The van der Waals surface area contributed by atoms with Gasteiger partial charge in [-0.3, -0.25) is 4.79 Å². The second kappa shape index (κ2) is 11.4. The van der Waals surface area contributed by atoms with Gasteiger partial charge < -0.3 is 19.7 Å². The summed E-state index contributed by atoms with van der Waals surface area (Å²) in [5.74, 6) is -1.07. The molecule has 1 heterocycles. The third kappa shape index (κ3) is 6.02. The van der Waals surface area contributed by atoms with E-state index in [4.69, 9.17) is 4.74 Å². The number of aromatic amines is 1. The zero-order valence-electron chi connectivity index (χ0n) is 20.5. The van der Waals surface area contributed by atoms with Gasteiger partial charge in [0.1, 0.15) is 0 Å². The minimum absolute atomic E-state index is 0.0790. The summed E-state index contributed by atoms with van der Waals surface area (Å²) >= 11 is 0. The minimum Gasteiger partial charge on any atom is -0.487 e. The molecular weight excluding hydrogens is 452 g/mol. The number of nitrogens with zero attached hydrogens (tertiary/aromatic N) is 1. The maximum atomic E-state index is 12.8. The first-order valence-electron chi connectivity index (χ1n) is 12.0. The lowest BCUT2D eigenvalue weighted by Crippen LogP contribution is -2.26. The highest BCUT2D eigenvalue weighted by Crippen LogP contribution is 2.23. The largest absolute Gasteiger partial charge is 0.487 e. The van der Waals surface area contributed by atoms with Crippen LogP contribution in [0.25, 0.3) is 28.1 Å². The van der Waals surface area contributed by atoms with E-state index in [-0.39, 0.29) is 11.7 Å². The summed E-state index contributed by atoms with van der Waals surface area (Å²) in [4.78, 5) is 29.1. The summed E-state index contributed by atoms with van der Waals surface area (Å²) in [5.41, 5.74) is 6.09. The highest BCUT2D eigenvalue weighted by atomic mass is 16.5. The topological polar surface area (TPSA) is 82.6 Å². The van der Waals surface area contributed by atoms with E-state index in [2.05, 4.69) is 17.1 Å². The van der Waals surface area contributed by atoms with Crippen LogP contribution in [0.15, 0.2) is 84.8 Å². The summed E-state index contributed by atoms with van der Waals surface area (Å²) in [6, 6.07) is 23.9. The average Bonchev–Trinajstić information content (AvgIpc) is 3.30. The van der Waals surface area contributed by atoms with Crippen molar-refractivity contribution in [2.24, 2.45) is 0 Å². The lowest BCUT2D eigenvalue weighted by molar-refractivity contribution is -0.136. The SMILES string of the molecule is CCOC(=Cc1ccc(-c2cccc(CN(C)C(=O)CCc3c[nH]c4ccccc34)c2)cc1)C(=O)O. The molecule has 0 saturated carbocycles. The molecule has 6 heteroatoms. The molecule has 0 saturated heterocycles. The first-order valence-corrected chi connectivity index (χ1v) is 12.0. The molecule has 2 N–H and O–H groups in total. The van der Waals surface area contributed by atoms with Crippen molar-refractivity contribution in [3.8, 4) is 11.1 Å². The van der Waals surface area contributed by atoms with Crippen molar-refractivity contribution in [3.05, 3.63) is 101 Å². The van der Waals surface area contributed by atoms with Crippen LogP contribution in [-0.4, -0.2) is 40.5 Å². The van der Waals surface area contributed by atoms with Gasteiger partial charge >= 0.3 is 5.97 Å². The number of carboxylic acid groups (broad SMARTS) is 1. The molecule has 4 aromatic rings. The standard InChI is InChI=1S/C30H30N2O4/c1-3-36-28(30(34)35)18-21-11-13-23(14-12-21)24-8-6-7-22(17-24)20-32(2)29(33)16-15-25-19-31-27-10-5-4-9-26(25)27/h4-14,17-19,31H,3,15-16,20H2,1-2H3,(H,34,35). The number of hydrogen-bond donors (Lipinski definition) is 2. The molecule has 1 amide bonds. The number of carbonyl (C=O) groups is 2. The van der Waals surface area contributed by atoms with Crippen LogP contribution in [0.2, 0.25) is 0 Å². The van der Waals surface area contributed by atoms with Gasteiger partial charge in [0, 0.05) is 37.1 Å². The third-order valence-electron chi connectivity index (χ3n) is 6.11. The molecule has 0 aliphatic rings. The Hall–Kier alpha value is -4.32. The summed E-state index contributed by atoms with van der Waals surface area (Å²) in [6.45, 7) is 2.57. The smallest absolute Gasteiger partial charge is 0.371 e. The summed E-state index contributed by atoms with van der Waals surface area (Å²) in [5, 5.41) is 10.4. The fourth-order valence-electron chi connectivity index (χ4n) is 4.23. The van der Waals surface area contributed by atoms with E-state index >= 15 is 0 Å². The molecule has 0 bridgehead atoms. The number of aromatic nitrogens is 1. The second-order valence-corrected chi connectivity index (χ2v) is 8.68. The Bertz CT molecular complexity index is 1390. The van der Waals surface area contributed by atoms with Crippen LogP contribution in [0.4, 0.5) is 0 Å². The molecule has 184 valence electrons. The van der Waals surface area contributed by atoms with Gasteiger partial charge in [-0.1, -0.05) is 60.7 Å². The molecule has 1 aromatic heterocycles. The molecule has 0 radical (unpaired) electrons. The Balaban J connectivity index is 1.39. The van der Waals surface area contributed by atoms with Gasteiger partial charge in [0.25, 0.3) is 0 Å². The van der Waals surface area contributed by atoms with E-state index in [0.717, 1.165) is 33.3 Å². The molecule has 0 unspecified atom stereocenters. The van der Waals surface area contributed by atoms with E-state index in [1.807, 2.05) is 73.9 Å². The zero-order valence-corrected chi connectivity index (χ0v) is 20.5. The number of rotatable bonds is 10. The van der Waals surface area contributed by atoms with Crippen molar-refractivity contribution in [3.63, 3.8) is 0 Å². The van der Waals surface area contributed by atoms with Crippen LogP contribution in [0, 0.1) is 0 Å². The molecule has 0 fully saturated rings. The molecule has 0 spiro atoms. The number of nitrogens with one attached hydrogen (secondary N) is 1. The first kappa shape index (κ1) is 24.8. The zero-order chi connectivity index (χ0) is 25.5. The minimum atomic E-state index is -1.09. The Morgan fingerprint density at radius 3 is 2.53 bits per heavy atom. The van der Waals surface area contributed by atoms with Crippen LogP contribution >= 0.6 is 0 Å². The Morgan fingerprint density at radius 2 is 1.78 bits per heavy atom. The second-order valence-electron chi connectivity index (χ2n) is 8.68. The third-order valence-corrected chi connectivity index (χ3v) is 6.11. The molecule has 0 aliphatic heterocycles. The summed E-state index contributed by atoms with van der Waals surface area (Å²) < 4.78 is 5.18. The highest BCUT2D eigenvalue weighted by Gasteiger charge is 2.12. The van der Waals surface area contributed by atoms with Crippen molar-refractivity contribution in [2.75, 3.05) is 13.7 Å². The molecule has 6 nitrogen and oxygen atoms in total. The fraction of sp³-hybridized carbons (Fsp3) is 0.200. The fourth-order valence-corrected chi connectivity index (χ4v) is 4.23. The number of ether oxygens (including phenoxy) is 1. The number of benzene rings is 3. The van der Waals surface area contributed by atoms with Crippen molar-refractivity contribution >= 4 is 28.9 Å². The van der Waals surface area contributed by atoms with Gasteiger partial charge in [-0.15, -0.1) is 0 Å². The van der Waals surface area contributed by atoms with Crippen molar-refractivity contribution in [1.29, 1.82) is 0 Å². The van der Waals surface area contributed by atoms with Crippen molar-refractivity contribution < 1.29 is 19.4 Å². The molecular formula is C30H30N2O4. The summed E-state index contributed by atoms with van der Waals surface area (Å²) in [7, 11) is 1.84. The number of carbonyl (C=O) groups excluding carboxylic acids is 1. The van der Waals surface area contributed by atoms with E-state index < -0.39 is 5.97 Å². The highest BCUT2D eigenvalue weighted by molar-refractivity contribution is 5.90. The lowest BCUT2D eigenvalue weighted by atomic mass is 10.0.